The molecule has 0 N–H and O–H groups in total. The number of aromatic nitrogens is 1. The largest absolute Gasteiger partial charge is 0.497 e. The number of ether oxygens (including phenoxy) is 2. The van der Waals surface area contributed by atoms with E-state index in [9.17, 15) is 0 Å². The van der Waals surface area contributed by atoms with Crippen molar-refractivity contribution < 1.29 is 9.47 Å². The van der Waals surface area contributed by atoms with Gasteiger partial charge in [0.2, 0.25) is 5.88 Å². The average Bonchev–Trinajstić information content (AvgIpc) is 2.54. The van der Waals surface area contributed by atoms with Gasteiger partial charge in [0.25, 0.3) is 0 Å². The van der Waals surface area contributed by atoms with E-state index >= 15 is 0 Å². The number of pyridine rings is 1. The third-order valence-electron chi connectivity index (χ3n) is 3.27. The lowest BCUT2D eigenvalue weighted by atomic mass is 10.1. The van der Waals surface area contributed by atoms with Crippen LogP contribution < -0.4 is 9.47 Å². The Balaban J connectivity index is 2.24. The minimum atomic E-state index is 0.629. The summed E-state index contributed by atoms with van der Waals surface area (Å²) in [5, 5.41) is 2.03. The van der Waals surface area contributed by atoms with E-state index in [-0.39, 0.29) is 0 Å². The summed E-state index contributed by atoms with van der Waals surface area (Å²) in [4.78, 5) is 4.58. The van der Waals surface area contributed by atoms with E-state index in [1.165, 1.54) is 0 Å². The minimum Gasteiger partial charge on any atom is -0.497 e. The van der Waals surface area contributed by atoms with Crippen LogP contribution in [0.15, 0.2) is 54.6 Å². The van der Waals surface area contributed by atoms with E-state index in [1.54, 1.807) is 14.2 Å². The van der Waals surface area contributed by atoms with E-state index in [0.717, 1.165) is 27.8 Å². The van der Waals surface area contributed by atoms with E-state index in [4.69, 9.17) is 9.47 Å². The zero-order chi connectivity index (χ0) is 13.9. The number of fused-ring (bicyclic) bond motifs is 1. The van der Waals surface area contributed by atoms with Gasteiger partial charge in [0.15, 0.2) is 0 Å². The van der Waals surface area contributed by atoms with E-state index in [2.05, 4.69) is 11.1 Å². The molecule has 0 atom stereocenters. The van der Waals surface area contributed by atoms with E-state index < -0.39 is 0 Å². The molecule has 1 aromatic heterocycles. The molecule has 0 spiro atoms. The smallest absolute Gasteiger partial charge is 0.221 e. The number of methoxy groups -OCH3 is 2. The minimum absolute atomic E-state index is 0.629. The van der Waals surface area contributed by atoms with Crippen LogP contribution in [-0.4, -0.2) is 19.2 Å². The maximum Gasteiger partial charge on any atom is 0.221 e. The highest BCUT2D eigenvalue weighted by atomic mass is 16.5. The maximum absolute atomic E-state index is 5.41. The van der Waals surface area contributed by atoms with Crippen LogP contribution in [0.1, 0.15) is 0 Å². The fourth-order valence-electron chi connectivity index (χ4n) is 2.24. The molecule has 0 amide bonds. The first kappa shape index (κ1) is 12.5. The Morgan fingerprint density at radius 1 is 0.850 bits per heavy atom. The van der Waals surface area contributed by atoms with Crippen LogP contribution in [0.2, 0.25) is 0 Å². The lowest BCUT2D eigenvalue weighted by Gasteiger charge is -2.09. The van der Waals surface area contributed by atoms with Crippen LogP contribution in [0.3, 0.4) is 0 Å². The second-order valence-corrected chi connectivity index (χ2v) is 4.47. The van der Waals surface area contributed by atoms with Crippen LogP contribution in [0.25, 0.3) is 22.0 Å². The van der Waals surface area contributed by atoms with Crippen molar-refractivity contribution >= 4 is 10.8 Å². The van der Waals surface area contributed by atoms with Crippen LogP contribution in [-0.2, 0) is 0 Å². The zero-order valence-corrected chi connectivity index (χ0v) is 11.5. The van der Waals surface area contributed by atoms with Crippen molar-refractivity contribution in [2.75, 3.05) is 14.2 Å². The Kier molecular flexibility index (Phi) is 3.25. The summed E-state index contributed by atoms with van der Waals surface area (Å²) in [6.07, 6.45) is 0. The second-order valence-electron chi connectivity index (χ2n) is 4.47. The van der Waals surface area contributed by atoms with Crippen LogP contribution in [0.4, 0.5) is 0 Å². The molecule has 0 aliphatic carbocycles. The molecule has 0 unspecified atom stereocenters. The summed E-state index contributed by atoms with van der Waals surface area (Å²) in [5.41, 5.74) is 1.96. The summed E-state index contributed by atoms with van der Waals surface area (Å²) >= 11 is 0. The Bertz CT molecular complexity index is 739. The van der Waals surface area contributed by atoms with E-state index in [0.29, 0.717) is 5.88 Å². The van der Waals surface area contributed by atoms with Gasteiger partial charge in [-0.2, -0.15) is 0 Å². The molecule has 0 fully saturated rings. The van der Waals surface area contributed by atoms with Gasteiger partial charge in [0, 0.05) is 10.9 Å². The lowest BCUT2D eigenvalue weighted by molar-refractivity contribution is 0.403. The molecule has 0 bridgehead atoms. The molecule has 3 aromatic rings. The first-order valence-electron chi connectivity index (χ1n) is 6.40. The number of hydrogen-bond donors (Lipinski definition) is 0. The number of rotatable bonds is 3. The molecule has 0 saturated carbocycles. The molecule has 2 aromatic carbocycles. The summed E-state index contributed by atoms with van der Waals surface area (Å²) in [6, 6.07) is 18.0. The van der Waals surface area contributed by atoms with Crippen LogP contribution in [0, 0.1) is 0 Å². The van der Waals surface area contributed by atoms with Crippen molar-refractivity contribution in [3.05, 3.63) is 54.6 Å². The van der Waals surface area contributed by atoms with Crippen molar-refractivity contribution in [1.82, 2.24) is 4.98 Å². The molecular formula is C17H15NO2. The van der Waals surface area contributed by atoms with Crippen molar-refractivity contribution in [2.45, 2.75) is 0 Å². The quantitative estimate of drug-likeness (QED) is 0.719. The SMILES string of the molecule is COc1ccc2c(OC)nc(-c3ccccc3)cc2c1. The first-order valence-corrected chi connectivity index (χ1v) is 6.40. The Hall–Kier alpha value is -2.55. The summed E-state index contributed by atoms with van der Waals surface area (Å²) < 4.78 is 10.7. The standard InChI is InChI=1S/C17H15NO2/c1-19-14-8-9-15-13(10-14)11-16(18-17(15)20-2)12-6-4-3-5-7-12/h3-11H,1-2H3. The van der Waals surface area contributed by atoms with Gasteiger partial charge < -0.3 is 9.47 Å². The Morgan fingerprint density at radius 2 is 1.65 bits per heavy atom. The predicted molar refractivity (Wildman–Crippen MR) is 80.3 cm³/mol. The summed E-state index contributed by atoms with van der Waals surface area (Å²) in [6.45, 7) is 0. The molecular weight excluding hydrogens is 250 g/mol. The van der Waals surface area contributed by atoms with Gasteiger partial charge in [-0.3, -0.25) is 0 Å². The molecule has 3 nitrogen and oxygen atoms in total. The maximum atomic E-state index is 5.41. The van der Waals surface area contributed by atoms with E-state index in [1.807, 2.05) is 48.5 Å². The van der Waals surface area contributed by atoms with Crippen molar-refractivity contribution in [1.29, 1.82) is 0 Å². The van der Waals surface area contributed by atoms with Crippen LogP contribution >= 0.6 is 0 Å². The Morgan fingerprint density at radius 3 is 2.35 bits per heavy atom. The summed E-state index contributed by atoms with van der Waals surface area (Å²) in [7, 11) is 3.30. The molecule has 0 aliphatic heterocycles. The van der Waals surface area contributed by atoms with Gasteiger partial charge >= 0.3 is 0 Å². The number of nitrogens with zero attached hydrogens (tertiary/aromatic N) is 1. The van der Waals surface area contributed by atoms with Gasteiger partial charge in [-0.05, 0) is 29.7 Å². The van der Waals surface area contributed by atoms with Gasteiger partial charge in [0.05, 0.1) is 19.9 Å². The molecule has 1 heterocycles. The number of hydrogen-bond acceptors (Lipinski definition) is 3. The third kappa shape index (κ3) is 2.18. The van der Waals surface area contributed by atoms with Gasteiger partial charge in [-0.25, -0.2) is 4.98 Å². The average molecular weight is 265 g/mol. The fraction of sp³-hybridized carbons (Fsp3) is 0.118. The molecule has 3 rings (SSSR count). The molecule has 100 valence electrons. The first-order chi connectivity index (χ1) is 9.81. The number of benzene rings is 2. The van der Waals surface area contributed by atoms with Gasteiger partial charge in [-0.1, -0.05) is 30.3 Å². The lowest BCUT2D eigenvalue weighted by Crippen LogP contribution is -1.93. The third-order valence-corrected chi connectivity index (χ3v) is 3.27. The van der Waals surface area contributed by atoms with Crippen molar-refractivity contribution in [2.24, 2.45) is 0 Å². The summed E-state index contributed by atoms with van der Waals surface area (Å²) in [5.74, 6) is 1.45. The predicted octanol–water partition coefficient (Wildman–Crippen LogP) is 3.92. The fourth-order valence-corrected chi connectivity index (χ4v) is 2.24. The molecule has 0 aliphatic rings. The van der Waals surface area contributed by atoms with Crippen molar-refractivity contribution in [3.8, 4) is 22.9 Å². The van der Waals surface area contributed by atoms with Crippen LogP contribution in [0.5, 0.6) is 11.6 Å². The molecule has 3 heteroatoms. The highest BCUT2D eigenvalue weighted by molar-refractivity contribution is 5.91. The highest BCUT2D eigenvalue weighted by Crippen LogP contribution is 2.31. The molecule has 20 heavy (non-hydrogen) atoms. The Labute approximate surface area is 117 Å². The topological polar surface area (TPSA) is 31.4 Å². The van der Waals surface area contributed by atoms with Gasteiger partial charge in [0.1, 0.15) is 5.75 Å². The monoisotopic (exact) mass is 265 g/mol. The van der Waals surface area contributed by atoms with Crippen molar-refractivity contribution in [3.63, 3.8) is 0 Å². The molecule has 0 radical (unpaired) electrons. The second kappa shape index (κ2) is 5.21. The highest BCUT2D eigenvalue weighted by Gasteiger charge is 2.08. The van der Waals surface area contributed by atoms with Gasteiger partial charge in [-0.15, -0.1) is 0 Å². The normalized spacial score (nSPS) is 10.5. The molecule has 0 saturated heterocycles. The zero-order valence-electron chi connectivity index (χ0n) is 11.5.